The normalized spacial score (nSPS) is 17.5. The number of nitrogens with one attached hydrogen (secondary N) is 2. The van der Waals surface area contributed by atoms with Gasteiger partial charge in [-0.05, 0) is 31.5 Å². The number of nitrogens with zero attached hydrogens (tertiary/aromatic N) is 2. The molecule has 0 bridgehead atoms. The Morgan fingerprint density at radius 3 is 3.00 bits per heavy atom. The van der Waals surface area contributed by atoms with Gasteiger partial charge in [0.2, 0.25) is 5.91 Å². The van der Waals surface area contributed by atoms with E-state index in [9.17, 15) is 4.79 Å². The molecule has 1 aliphatic rings. The van der Waals surface area contributed by atoms with Crippen molar-refractivity contribution in [3.8, 4) is 5.75 Å². The van der Waals surface area contributed by atoms with Gasteiger partial charge >= 0.3 is 0 Å². The molecule has 2 rings (SSSR count). The highest BCUT2D eigenvalue weighted by molar-refractivity contribution is 9.10. The first-order valence-electron chi connectivity index (χ1n) is 8.83. The molecule has 2 N–H and O–H groups in total. The van der Waals surface area contributed by atoms with Gasteiger partial charge in [0.1, 0.15) is 12.4 Å². The minimum Gasteiger partial charge on any atom is -0.492 e. The summed E-state index contributed by atoms with van der Waals surface area (Å²) in [5.41, 5.74) is 0. The van der Waals surface area contributed by atoms with Crippen molar-refractivity contribution in [1.82, 2.24) is 15.5 Å². The second-order valence-corrected chi connectivity index (χ2v) is 6.81. The number of carbonyl (C=O) groups excluding carboxylic acids is 1. The van der Waals surface area contributed by atoms with Crippen LogP contribution in [0.15, 0.2) is 33.7 Å². The fourth-order valence-electron chi connectivity index (χ4n) is 2.72. The summed E-state index contributed by atoms with van der Waals surface area (Å²) < 4.78 is 6.70. The Balaban J connectivity index is 1.79. The number of hydrogen-bond acceptors (Lipinski definition) is 3. The molecule has 1 heterocycles. The van der Waals surface area contributed by atoms with Crippen LogP contribution in [-0.2, 0) is 4.79 Å². The molecule has 1 amide bonds. The van der Waals surface area contributed by atoms with Crippen LogP contribution in [0.5, 0.6) is 5.75 Å². The van der Waals surface area contributed by atoms with Crippen LogP contribution in [0, 0.1) is 0 Å². The zero-order valence-electron chi connectivity index (χ0n) is 14.9. The minimum absolute atomic E-state index is 0.216. The topological polar surface area (TPSA) is 66.0 Å². The van der Waals surface area contributed by atoms with Crippen LogP contribution < -0.4 is 15.4 Å². The standard InChI is InChI=1S/C18H27BrN4O2/c1-3-17(24)23-10-8-15(13-23)22-18(20-4-2)21-9-11-25-16-7-5-6-14(19)12-16/h5-7,12,15H,3-4,8-11,13H2,1-2H3,(H2,20,21,22). The van der Waals surface area contributed by atoms with Gasteiger partial charge in [0, 0.05) is 36.6 Å². The molecule has 7 heteroatoms. The number of guanidine groups is 1. The first-order chi connectivity index (χ1) is 12.1. The van der Waals surface area contributed by atoms with E-state index in [0.717, 1.165) is 42.2 Å². The molecular formula is C18H27BrN4O2. The lowest BCUT2D eigenvalue weighted by Crippen LogP contribution is -2.45. The van der Waals surface area contributed by atoms with Crippen molar-refractivity contribution in [2.24, 2.45) is 4.99 Å². The predicted molar refractivity (Wildman–Crippen MR) is 104 cm³/mol. The highest BCUT2D eigenvalue weighted by Crippen LogP contribution is 2.17. The zero-order chi connectivity index (χ0) is 18.1. The van der Waals surface area contributed by atoms with Gasteiger partial charge < -0.3 is 20.3 Å². The maximum Gasteiger partial charge on any atom is 0.222 e. The first kappa shape index (κ1) is 19.6. The molecule has 0 radical (unpaired) electrons. The molecule has 1 fully saturated rings. The van der Waals surface area contributed by atoms with Crippen molar-refractivity contribution in [2.75, 3.05) is 32.8 Å². The quantitative estimate of drug-likeness (QED) is 0.411. The number of likely N-dealkylation sites (tertiary alicyclic amines) is 1. The van der Waals surface area contributed by atoms with Crippen molar-refractivity contribution < 1.29 is 9.53 Å². The second-order valence-electron chi connectivity index (χ2n) is 5.89. The molecule has 1 unspecified atom stereocenters. The van der Waals surface area contributed by atoms with Crippen molar-refractivity contribution in [1.29, 1.82) is 0 Å². The third kappa shape index (κ3) is 6.57. The maximum absolute atomic E-state index is 11.8. The van der Waals surface area contributed by atoms with Gasteiger partial charge in [0.25, 0.3) is 0 Å². The van der Waals surface area contributed by atoms with Gasteiger partial charge in [-0.15, -0.1) is 0 Å². The number of hydrogen-bond donors (Lipinski definition) is 2. The van der Waals surface area contributed by atoms with E-state index in [1.807, 2.05) is 43.0 Å². The van der Waals surface area contributed by atoms with Gasteiger partial charge in [0.05, 0.1) is 6.54 Å². The molecule has 1 atom stereocenters. The summed E-state index contributed by atoms with van der Waals surface area (Å²) in [6.45, 7) is 7.37. The average molecular weight is 411 g/mol. The summed E-state index contributed by atoms with van der Waals surface area (Å²) >= 11 is 3.43. The Hall–Kier alpha value is -1.76. The Bertz CT molecular complexity index is 594. The predicted octanol–water partition coefficient (Wildman–Crippen LogP) is 2.39. The average Bonchev–Trinajstić information content (AvgIpc) is 3.07. The maximum atomic E-state index is 11.8. The monoisotopic (exact) mass is 410 g/mol. The summed E-state index contributed by atoms with van der Waals surface area (Å²) in [5, 5.41) is 6.66. The lowest BCUT2D eigenvalue weighted by molar-refractivity contribution is -0.129. The van der Waals surface area contributed by atoms with Crippen LogP contribution in [0.25, 0.3) is 0 Å². The van der Waals surface area contributed by atoms with Crippen LogP contribution in [0.2, 0.25) is 0 Å². The van der Waals surface area contributed by atoms with Crippen molar-refractivity contribution in [3.63, 3.8) is 0 Å². The van der Waals surface area contributed by atoms with E-state index in [2.05, 4.69) is 31.6 Å². The molecule has 1 aromatic rings. The summed E-state index contributed by atoms with van der Waals surface area (Å²) in [5.74, 6) is 1.82. The summed E-state index contributed by atoms with van der Waals surface area (Å²) in [4.78, 5) is 18.2. The fourth-order valence-corrected chi connectivity index (χ4v) is 3.10. The van der Waals surface area contributed by atoms with Gasteiger partial charge in [-0.1, -0.05) is 28.9 Å². The van der Waals surface area contributed by atoms with Crippen molar-refractivity contribution in [2.45, 2.75) is 32.7 Å². The summed E-state index contributed by atoms with van der Waals surface area (Å²) in [6, 6.07) is 8.02. The third-order valence-electron chi connectivity index (χ3n) is 3.95. The molecule has 138 valence electrons. The number of benzene rings is 1. The molecule has 1 saturated heterocycles. The van der Waals surface area contributed by atoms with Crippen LogP contribution in [0.3, 0.4) is 0 Å². The Kier molecular flexibility index (Phi) is 8.04. The largest absolute Gasteiger partial charge is 0.492 e. The minimum atomic E-state index is 0.216. The van der Waals surface area contributed by atoms with Gasteiger partial charge in [0.15, 0.2) is 5.96 Å². The molecule has 0 aliphatic carbocycles. The molecule has 1 aromatic carbocycles. The molecule has 6 nitrogen and oxygen atoms in total. The smallest absolute Gasteiger partial charge is 0.222 e. The molecular weight excluding hydrogens is 384 g/mol. The number of carbonyl (C=O) groups is 1. The van der Waals surface area contributed by atoms with E-state index in [-0.39, 0.29) is 11.9 Å². The van der Waals surface area contributed by atoms with Gasteiger partial charge in [-0.25, -0.2) is 4.99 Å². The van der Waals surface area contributed by atoms with E-state index >= 15 is 0 Å². The Morgan fingerprint density at radius 2 is 2.28 bits per heavy atom. The summed E-state index contributed by atoms with van der Waals surface area (Å²) in [6.07, 6.45) is 1.51. The number of halogens is 1. The van der Waals surface area contributed by atoms with Crippen molar-refractivity contribution in [3.05, 3.63) is 28.7 Å². The van der Waals surface area contributed by atoms with E-state index in [1.54, 1.807) is 0 Å². The molecule has 25 heavy (non-hydrogen) atoms. The Morgan fingerprint density at radius 1 is 1.44 bits per heavy atom. The Labute approximate surface area is 158 Å². The highest BCUT2D eigenvalue weighted by atomic mass is 79.9. The number of ether oxygens (including phenoxy) is 1. The van der Waals surface area contributed by atoms with E-state index in [4.69, 9.17) is 4.74 Å². The molecule has 0 saturated carbocycles. The van der Waals surface area contributed by atoms with Crippen LogP contribution in [0.1, 0.15) is 26.7 Å². The van der Waals surface area contributed by atoms with E-state index in [0.29, 0.717) is 19.6 Å². The first-order valence-corrected chi connectivity index (χ1v) is 9.62. The lowest BCUT2D eigenvalue weighted by Gasteiger charge is -2.18. The molecule has 0 spiro atoms. The zero-order valence-corrected chi connectivity index (χ0v) is 16.5. The third-order valence-corrected chi connectivity index (χ3v) is 4.45. The molecule has 1 aliphatic heterocycles. The van der Waals surface area contributed by atoms with Crippen LogP contribution >= 0.6 is 15.9 Å². The SMILES string of the molecule is CCNC(=NCCOc1cccc(Br)c1)NC1CCN(C(=O)CC)C1. The fraction of sp³-hybridized carbons (Fsp3) is 0.556. The van der Waals surface area contributed by atoms with Gasteiger partial charge in [-0.3, -0.25) is 4.79 Å². The van der Waals surface area contributed by atoms with Crippen molar-refractivity contribution >= 4 is 27.8 Å². The molecule has 0 aromatic heterocycles. The summed E-state index contributed by atoms with van der Waals surface area (Å²) in [7, 11) is 0. The van der Waals surface area contributed by atoms with Gasteiger partial charge in [-0.2, -0.15) is 0 Å². The number of amides is 1. The second kappa shape index (κ2) is 10.3. The van der Waals surface area contributed by atoms with Crippen LogP contribution in [0.4, 0.5) is 0 Å². The number of rotatable bonds is 7. The number of aliphatic imine (C=N–C) groups is 1. The van der Waals surface area contributed by atoms with E-state index < -0.39 is 0 Å². The highest BCUT2D eigenvalue weighted by Gasteiger charge is 2.25. The lowest BCUT2D eigenvalue weighted by atomic mass is 10.3. The van der Waals surface area contributed by atoms with E-state index in [1.165, 1.54) is 0 Å². The van der Waals surface area contributed by atoms with Crippen LogP contribution in [-0.4, -0.2) is 55.6 Å².